The van der Waals surface area contributed by atoms with Crippen molar-refractivity contribution in [2.75, 3.05) is 5.32 Å². The lowest BCUT2D eigenvalue weighted by Gasteiger charge is -2.11. The van der Waals surface area contributed by atoms with Gasteiger partial charge in [-0.2, -0.15) is 0 Å². The number of nitrogens with one attached hydrogen (secondary N) is 1. The molecule has 6 nitrogen and oxygen atoms in total. The van der Waals surface area contributed by atoms with Crippen molar-refractivity contribution < 1.29 is 4.79 Å². The monoisotopic (exact) mass is 359 g/mol. The molecule has 136 valence electrons. The van der Waals surface area contributed by atoms with E-state index in [4.69, 9.17) is 0 Å². The Labute approximate surface area is 156 Å². The Morgan fingerprint density at radius 3 is 2.63 bits per heavy atom. The Bertz CT molecular complexity index is 1170. The highest BCUT2D eigenvalue weighted by Crippen LogP contribution is 2.33. The van der Waals surface area contributed by atoms with Gasteiger partial charge in [-0.3, -0.25) is 9.20 Å². The molecule has 27 heavy (non-hydrogen) atoms. The molecule has 1 aromatic carbocycles. The molecule has 3 heterocycles. The van der Waals surface area contributed by atoms with E-state index in [9.17, 15) is 4.79 Å². The summed E-state index contributed by atoms with van der Waals surface area (Å²) in [7, 11) is 0. The first-order valence-corrected chi connectivity index (χ1v) is 9.31. The summed E-state index contributed by atoms with van der Waals surface area (Å²) in [6.45, 7) is 4.82. The van der Waals surface area contributed by atoms with Crippen molar-refractivity contribution in [3.63, 3.8) is 0 Å². The summed E-state index contributed by atoms with van der Waals surface area (Å²) in [6, 6.07) is 14.6. The van der Waals surface area contributed by atoms with E-state index in [0.29, 0.717) is 5.65 Å². The van der Waals surface area contributed by atoms with Gasteiger partial charge < -0.3 is 9.88 Å². The van der Waals surface area contributed by atoms with Crippen molar-refractivity contribution in [1.29, 1.82) is 0 Å². The lowest BCUT2D eigenvalue weighted by molar-refractivity contribution is -0.117. The minimum absolute atomic E-state index is 0.0785. The fourth-order valence-corrected chi connectivity index (χ4v) is 3.68. The van der Waals surface area contributed by atoms with Crippen molar-refractivity contribution in [2.24, 2.45) is 5.92 Å². The van der Waals surface area contributed by atoms with Crippen LogP contribution >= 0.6 is 0 Å². The topological polar surface area (TPSA) is 64.2 Å². The largest absolute Gasteiger partial charge is 0.339 e. The van der Waals surface area contributed by atoms with Crippen LogP contribution in [0.5, 0.6) is 0 Å². The molecule has 1 fully saturated rings. The van der Waals surface area contributed by atoms with Gasteiger partial charge in [0, 0.05) is 18.2 Å². The standard InChI is InChI=1S/C21H21N5O/c1-13-10-19-18(25(13)12-15-6-4-3-5-7-15)11-17(22-21(27)16-8-9-16)20-24-23-14(2)26(19)20/h3-7,10-11,16H,8-9,12H2,1-2H3,(H,22,27). The molecule has 1 aliphatic rings. The van der Waals surface area contributed by atoms with Crippen molar-refractivity contribution >= 4 is 28.3 Å². The minimum atomic E-state index is 0.0785. The zero-order valence-corrected chi connectivity index (χ0v) is 15.4. The van der Waals surface area contributed by atoms with Gasteiger partial charge in [-0.25, -0.2) is 0 Å². The number of benzene rings is 1. The Morgan fingerprint density at radius 1 is 1.11 bits per heavy atom. The molecule has 5 rings (SSSR count). The molecule has 0 bridgehead atoms. The van der Waals surface area contributed by atoms with Gasteiger partial charge in [0.1, 0.15) is 5.82 Å². The number of hydrogen-bond acceptors (Lipinski definition) is 3. The number of carbonyl (C=O) groups excluding carboxylic acids is 1. The summed E-state index contributed by atoms with van der Waals surface area (Å²) in [5.74, 6) is 1.03. The van der Waals surface area contributed by atoms with Crippen molar-refractivity contribution in [3.8, 4) is 0 Å². The predicted octanol–water partition coefficient (Wildman–Crippen LogP) is 3.70. The van der Waals surface area contributed by atoms with Gasteiger partial charge in [-0.05, 0) is 44.4 Å². The number of rotatable bonds is 4. The van der Waals surface area contributed by atoms with Crippen LogP contribution in [0, 0.1) is 19.8 Å². The number of nitrogens with zero attached hydrogens (tertiary/aromatic N) is 4. The first-order chi connectivity index (χ1) is 13.1. The van der Waals surface area contributed by atoms with Crippen LogP contribution in [0.1, 0.15) is 29.9 Å². The SMILES string of the molecule is Cc1cc2c(cc(NC(=O)C3CC3)c3nnc(C)n32)n1Cc1ccccc1. The van der Waals surface area contributed by atoms with Crippen LogP contribution in [-0.2, 0) is 11.3 Å². The molecule has 1 amide bonds. The van der Waals surface area contributed by atoms with E-state index in [0.717, 1.165) is 47.6 Å². The summed E-state index contributed by atoms with van der Waals surface area (Å²) in [5.41, 5.74) is 5.96. The Hall–Kier alpha value is -3.15. The maximum atomic E-state index is 12.4. The summed E-state index contributed by atoms with van der Waals surface area (Å²) in [4.78, 5) is 12.4. The van der Waals surface area contributed by atoms with Crippen molar-refractivity contribution in [1.82, 2.24) is 19.2 Å². The lowest BCUT2D eigenvalue weighted by Crippen LogP contribution is -2.14. The molecule has 0 unspecified atom stereocenters. The summed E-state index contributed by atoms with van der Waals surface area (Å²) >= 11 is 0. The van der Waals surface area contributed by atoms with Gasteiger partial charge in [-0.1, -0.05) is 30.3 Å². The number of aromatic nitrogens is 4. The van der Waals surface area contributed by atoms with Gasteiger partial charge in [-0.15, -0.1) is 10.2 Å². The zero-order chi connectivity index (χ0) is 18.5. The summed E-state index contributed by atoms with van der Waals surface area (Å²) in [5, 5.41) is 11.6. The number of hydrogen-bond donors (Lipinski definition) is 1. The van der Waals surface area contributed by atoms with Crippen molar-refractivity contribution in [2.45, 2.75) is 33.2 Å². The molecular formula is C21H21N5O. The summed E-state index contributed by atoms with van der Waals surface area (Å²) < 4.78 is 4.31. The van der Waals surface area contributed by atoms with Gasteiger partial charge in [0.15, 0.2) is 5.65 Å². The van der Waals surface area contributed by atoms with E-state index in [1.54, 1.807) is 0 Å². The maximum Gasteiger partial charge on any atom is 0.227 e. The third-order valence-electron chi connectivity index (χ3n) is 5.30. The smallest absolute Gasteiger partial charge is 0.227 e. The quantitative estimate of drug-likeness (QED) is 0.604. The number of anilines is 1. The first kappa shape index (κ1) is 16.1. The van der Waals surface area contributed by atoms with Crippen LogP contribution in [0.2, 0.25) is 0 Å². The van der Waals surface area contributed by atoms with E-state index in [1.165, 1.54) is 5.56 Å². The van der Waals surface area contributed by atoms with Gasteiger partial charge in [0.2, 0.25) is 5.91 Å². The molecule has 0 atom stereocenters. The highest BCUT2D eigenvalue weighted by atomic mass is 16.2. The third-order valence-corrected chi connectivity index (χ3v) is 5.30. The first-order valence-electron chi connectivity index (χ1n) is 9.31. The fourth-order valence-electron chi connectivity index (χ4n) is 3.68. The Morgan fingerprint density at radius 2 is 1.89 bits per heavy atom. The normalized spacial score (nSPS) is 14.1. The third kappa shape index (κ3) is 2.68. The highest BCUT2D eigenvalue weighted by molar-refractivity contribution is 6.00. The average Bonchev–Trinajstić information content (AvgIpc) is 3.39. The Kier molecular flexibility index (Phi) is 3.53. The molecule has 0 radical (unpaired) electrons. The van der Waals surface area contributed by atoms with Gasteiger partial charge in [0.05, 0.1) is 16.7 Å². The number of fused-ring (bicyclic) bond motifs is 3. The van der Waals surface area contributed by atoms with Crippen LogP contribution < -0.4 is 5.32 Å². The molecule has 3 aromatic heterocycles. The minimum Gasteiger partial charge on any atom is -0.339 e. The molecular weight excluding hydrogens is 338 g/mol. The van der Waals surface area contributed by atoms with E-state index in [1.807, 2.05) is 23.5 Å². The molecule has 6 heteroatoms. The number of amides is 1. The van der Waals surface area contributed by atoms with E-state index in [-0.39, 0.29) is 11.8 Å². The average molecular weight is 359 g/mol. The van der Waals surface area contributed by atoms with E-state index >= 15 is 0 Å². The lowest BCUT2D eigenvalue weighted by atomic mass is 10.2. The second-order valence-corrected chi connectivity index (χ2v) is 7.36. The second-order valence-electron chi connectivity index (χ2n) is 7.36. The van der Waals surface area contributed by atoms with Crippen LogP contribution in [0.4, 0.5) is 5.69 Å². The van der Waals surface area contributed by atoms with Crippen LogP contribution in [0.3, 0.4) is 0 Å². The van der Waals surface area contributed by atoms with Crippen LogP contribution in [-0.4, -0.2) is 25.1 Å². The molecule has 4 aromatic rings. The molecule has 0 saturated heterocycles. The maximum absolute atomic E-state index is 12.4. The molecule has 0 aliphatic heterocycles. The van der Waals surface area contributed by atoms with Crippen LogP contribution in [0.15, 0.2) is 42.5 Å². The molecule has 1 aliphatic carbocycles. The number of aryl methyl sites for hydroxylation is 2. The Balaban J connectivity index is 1.70. The molecule has 0 spiro atoms. The molecule has 1 N–H and O–H groups in total. The number of carbonyl (C=O) groups is 1. The van der Waals surface area contributed by atoms with E-state index < -0.39 is 0 Å². The second kappa shape index (κ2) is 5.94. The predicted molar refractivity (Wildman–Crippen MR) is 105 cm³/mol. The van der Waals surface area contributed by atoms with Crippen molar-refractivity contribution in [3.05, 3.63) is 59.5 Å². The van der Waals surface area contributed by atoms with Gasteiger partial charge in [0.25, 0.3) is 0 Å². The summed E-state index contributed by atoms with van der Waals surface area (Å²) in [6.07, 6.45) is 1.94. The van der Waals surface area contributed by atoms with Gasteiger partial charge >= 0.3 is 0 Å². The number of pyridine rings is 1. The highest BCUT2D eigenvalue weighted by Gasteiger charge is 2.30. The molecule has 1 saturated carbocycles. The fraction of sp³-hybridized carbons (Fsp3) is 0.286. The van der Waals surface area contributed by atoms with E-state index in [2.05, 4.69) is 57.3 Å². The zero-order valence-electron chi connectivity index (χ0n) is 15.4. The van der Waals surface area contributed by atoms with Crippen LogP contribution in [0.25, 0.3) is 16.7 Å².